The summed E-state index contributed by atoms with van der Waals surface area (Å²) in [6, 6.07) is 60.1. The Bertz CT molecular complexity index is 2410. The third kappa shape index (κ3) is 4.60. The maximum absolute atomic E-state index is 2.40. The molecule has 0 aliphatic heterocycles. The van der Waals surface area contributed by atoms with Crippen molar-refractivity contribution in [2.24, 2.45) is 0 Å². The first-order chi connectivity index (χ1) is 23.0. The first-order valence-electron chi connectivity index (χ1n) is 16.3. The highest BCUT2D eigenvalue weighted by Crippen LogP contribution is 2.49. The molecule has 1 nitrogen and oxygen atoms in total. The Kier molecular flexibility index (Phi) is 6.41. The maximum atomic E-state index is 2.40. The van der Waals surface area contributed by atoms with E-state index >= 15 is 0 Å². The zero-order chi connectivity index (χ0) is 31.5. The lowest BCUT2D eigenvalue weighted by atomic mass is 9.81. The second-order valence-corrected chi connectivity index (χ2v) is 14.1. The smallest absolute Gasteiger partial charge is 0.0468 e. The molecular weight excluding hydrogens is 587 g/mol. The third-order valence-electron chi connectivity index (χ3n) is 9.89. The Balaban J connectivity index is 1.13. The van der Waals surface area contributed by atoms with Crippen molar-refractivity contribution in [1.29, 1.82) is 0 Å². The Morgan fingerprint density at radius 1 is 0.404 bits per heavy atom. The molecule has 0 spiro atoms. The molecule has 1 aliphatic carbocycles. The zero-order valence-corrected chi connectivity index (χ0v) is 27.3. The Morgan fingerprint density at radius 2 is 0.957 bits per heavy atom. The van der Waals surface area contributed by atoms with Crippen molar-refractivity contribution in [3.63, 3.8) is 0 Å². The fourth-order valence-electron chi connectivity index (χ4n) is 7.42. The van der Waals surface area contributed by atoms with E-state index in [9.17, 15) is 0 Å². The van der Waals surface area contributed by atoms with Crippen LogP contribution in [0.3, 0.4) is 0 Å². The predicted octanol–water partition coefficient (Wildman–Crippen LogP) is 13.2. The van der Waals surface area contributed by atoms with E-state index in [2.05, 4.69) is 183 Å². The van der Waals surface area contributed by atoms with Gasteiger partial charge in [-0.25, -0.2) is 0 Å². The second-order valence-electron chi connectivity index (χ2n) is 13.0. The van der Waals surface area contributed by atoms with E-state index in [0.29, 0.717) is 0 Å². The summed E-state index contributed by atoms with van der Waals surface area (Å²) in [6.45, 7) is 4.69. The van der Waals surface area contributed by atoms with Crippen LogP contribution in [0, 0.1) is 0 Å². The van der Waals surface area contributed by atoms with Gasteiger partial charge in [-0.05, 0) is 99.1 Å². The molecule has 9 rings (SSSR count). The number of fused-ring (bicyclic) bond motifs is 6. The highest BCUT2D eigenvalue weighted by Gasteiger charge is 2.35. The van der Waals surface area contributed by atoms with Crippen LogP contribution < -0.4 is 4.90 Å². The van der Waals surface area contributed by atoms with E-state index in [1.165, 1.54) is 64.7 Å². The normalized spacial score (nSPS) is 13.1. The summed E-state index contributed by atoms with van der Waals surface area (Å²) in [5.74, 6) is 0. The lowest BCUT2D eigenvalue weighted by molar-refractivity contribution is 0.660. The first-order valence-corrected chi connectivity index (χ1v) is 17.1. The van der Waals surface area contributed by atoms with Crippen LogP contribution >= 0.6 is 11.3 Å². The molecule has 0 unspecified atom stereocenters. The van der Waals surface area contributed by atoms with Crippen molar-refractivity contribution in [3.05, 3.63) is 175 Å². The predicted molar refractivity (Wildman–Crippen MR) is 202 cm³/mol. The van der Waals surface area contributed by atoms with Gasteiger partial charge in [0.05, 0.1) is 0 Å². The van der Waals surface area contributed by atoms with E-state index in [4.69, 9.17) is 0 Å². The molecule has 8 aromatic rings. The second kappa shape index (κ2) is 10.8. The van der Waals surface area contributed by atoms with E-state index in [1.807, 2.05) is 11.3 Å². The standard InChI is InChI=1S/C45H33NS/c1-45(2)41-14-8-6-12-37(41)38-26-20-33(28-42(38)45)32-18-23-35(24-19-32)46(34-21-16-31(17-22-34)30-10-4-3-5-11-30)36-25-27-44-40(29-36)39-13-7-9-15-43(39)47-44/h3-29H,1-2H3. The fraction of sp³-hybridized carbons (Fsp3) is 0.0667. The van der Waals surface area contributed by atoms with Crippen molar-refractivity contribution in [2.75, 3.05) is 4.90 Å². The highest BCUT2D eigenvalue weighted by molar-refractivity contribution is 7.25. The highest BCUT2D eigenvalue weighted by atomic mass is 32.1. The molecule has 0 N–H and O–H groups in total. The quantitative estimate of drug-likeness (QED) is 0.185. The van der Waals surface area contributed by atoms with Gasteiger partial charge in [-0.2, -0.15) is 0 Å². The molecule has 1 aromatic heterocycles. The summed E-state index contributed by atoms with van der Waals surface area (Å²) < 4.78 is 2.63. The number of nitrogens with zero attached hydrogens (tertiary/aromatic N) is 1. The molecule has 0 atom stereocenters. The summed E-state index contributed by atoms with van der Waals surface area (Å²) in [4.78, 5) is 2.38. The topological polar surface area (TPSA) is 3.24 Å². The molecular formula is C45H33NS. The fourth-order valence-corrected chi connectivity index (χ4v) is 8.51. The van der Waals surface area contributed by atoms with Gasteiger partial charge < -0.3 is 4.90 Å². The summed E-state index contributed by atoms with van der Waals surface area (Å²) >= 11 is 1.86. The van der Waals surface area contributed by atoms with Crippen LogP contribution in [0.2, 0.25) is 0 Å². The molecule has 2 heteroatoms. The Morgan fingerprint density at radius 3 is 1.72 bits per heavy atom. The van der Waals surface area contributed by atoms with E-state index in [-0.39, 0.29) is 5.41 Å². The third-order valence-corrected chi connectivity index (χ3v) is 11.0. The van der Waals surface area contributed by atoms with Crippen LogP contribution in [0.4, 0.5) is 17.1 Å². The van der Waals surface area contributed by atoms with Crippen LogP contribution in [-0.2, 0) is 5.41 Å². The molecule has 0 radical (unpaired) electrons. The SMILES string of the molecule is CC1(C)c2ccccc2-c2ccc(-c3ccc(N(c4ccc(-c5ccccc5)cc4)c4ccc5sc6ccccc6c5c4)cc3)cc21. The van der Waals surface area contributed by atoms with Gasteiger partial charge in [0.1, 0.15) is 0 Å². The molecule has 0 fully saturated rings. The van der Waals surface area contributed by atoms with Gasteiger partial charge in [-0.15, -0.1) is 11.3 Å². The van der Waals surface area contributed by atoms with Crippen LogP contribution in [0.1, 0.15) is 25.0 Å². The number of benzene rings is 7. The summed E-state index contributed by atoms with van der Waals surface area (Å²) in [5, 5.41) is 2.61. The largest absolute Gasteiger partial charge is 0.310 e. The van der Waals surface area contributed by atoms with Crippen molar-refractivity contribution < 1.29 is 0 Å². The molecule has 7 aromatic carbocycles. The zero-order valence-electron chi connectivity index (χ0n) is 26.4. The van der Waals surface area contributed by atoms with Crippen molar-refractivity contribution in [1.82, 2.24) is 0 Å². The van der Waals surface area contributed by atoms with Crippen molar-refractivity contribution in [3.8, 4) is 33.4 Å². The molecule has 47 heavy (non-hydrogen) atoms. The van der Waals surface area contributed by atoms with Gasteiger partial charge >= 0.3 is 0 Å². The Hall–Kier alpha value is -5.44. The average Bonchev–Trinajstić information content (AvgIpc) is 3.61. The van der Waals surface area contributed by atoms with Crippen LogP contribution in [0.25, 0.3) is 53.6 Å². The van der Waals surface area contributed by atoms with Gasteiger partial charge in [0.15, 0.2) is 0 Å². The molecule has 0 bridgehead atoms. The number of thiophene rings is 1. The average molecular weight is 620 g/mol. The summed E-state index contributed by atoms with van der Waals surface area (Å²) in [6.07, 6.45) is 0. The number of anilines is 3. The number of rotatable bonds is 5. The van der Waals surface area contributed by atoms with Gasteiger partial charge in [0, 0.05) is 42.6 Å². The lowest BCUT2D eigenvalue weighted by Crippen LogP contribution is -2.14. The molecule has 224 valence electrons. The minimum Gasteiger partial charge on any atom is -0.310 e. The summed E-state index contributed by atoms with van der Waals surface area (Å²) in [5.41, 5.74) is 13.8. The first kappa shape index (κ1) is 27.8. The van der Waals surface area contributed by atoms with Crippen molar-refractivity contribution >= 4 is 48.6 Å². The van der Waals surface area contributed by atoms with Crippen LogP contribution in [0.15, 0.2) is 164 Å². The minimum atomic E-state index is -0.0188. The van der Waals surface area contributed by atoms with E-state index in [1.54, 1.807) is 0 Å². The maximum Gasteiger partial charge on any atom is 0.0468 e. The lowest BCUT2D eigenvalue weighted by Gasteiger charge is -2.26. The number of hydrogen-bond acceptors (Lipinski definition) is 2. The molecule has 0 amide bonds. The van der Waals surface area contributed by atoms with Gasteiger partial charge in [-0.1, -0.05) is 123 Å². The van der Waals surface area contributed by atoms with Crippen LogP contribution in [0.5, 0.6) is 0 Å². The number of hydrogen-bond donors (Lipinski definition) is 0. The molecule has 0 saturated heterocycles. The Labute approximate surface area is 280 Å². The monoisotopic (exact) mass is 619 g/mol. The summed E-state index contributed by atoms with van der Waals surface area (Å²) in [7, 11) is 0. The van der Waals surface area contributed by atoms with E-state index < -0.39 is 0 Å². The molecule has 0 saturated carbocycles. The minimum absolute atomic E-state index is 0.0188. The molecule has 1 heterocycles. The van der Waals surface area contributed by atoms with E-state index in [0.717, 1.165) is 17.1 Å². The van der Waals surface area contributed by atoms with Gasteiger partial charge in [0.2, 0.25) is 0 Å². The van der Waals surface area contributed by atoms with Crippen LogP contribution in [-0.4, -0.2) is 0 Å². The van der Waals surface area contributed by atoms with Gasteiger partial charge in [-0.3, -0.25) is 0 Å². The molecule has 1 aliphatic rings. The van der Waals surface area contributed by atoms with Gasteiger partial charge in [0.25, 0.3) is 0 Å². The van der Waals surface area contributed by atoms with Crippen molar-refractivity contribution in [2.45, 2.75) is 19.3 Å².